The van der Waals surface area contributed by atoms with Gasteiger partial charge in [-0.1, -0.05) is 84.6 Å². The van der Waals surface area contributed by atoms with Crippen LogP contribution in [-0.2, 0) is 0 Å². The number of benzene rings is 5. The highest BCUT2D eigenvalue weighted by Gasteiger charge is 2.24. The van der Waals surface area contributed by atoms with Crippen LogP contribution < -0.4 is 15.5 Å². The Kier molecular flexibility index (Phi) is 9.74. The predicted octanol–water partition coefficient (Wildman–Crippen LogP) is 11.5. The summed E-state index contributed by atoms with van der Waals surface area (Å²) in [4.78, 5) is 6.32. The van der Waals surface area contributed by atoms with E-state index < -0.39 is 0 Å². The third kappa shape index (κ3) is 8.19. The van der Waals surface area contributed by atoms with Crippen LogP contribution in [0.15, 0.2) is 148 Å². The van der Waals surface area contributed by atoms with Crippen LogP contribution in [0.4, 0.5) is 28.4 Å². The summed E-state index contributed by atoms with van der Waals surface area (Å²) < 4.78 is 0. The van der Waals surface area contributed by atoms with Crippen molar-refractivity contribution < 1.29 is 0 Å². The normalized spacial score (nSPS) is 14.0. The summed E-state index contributed by atoms with van der Waals surface area (Å²) in [6.45, 7) is 11.2. The summed E-state index contributed by atoms with van der Waals surface area (Å²) >= 11 is 3.75. The first-order valence-corrected chi connectivity index (χ1v) is 16.5. The highest BCUT2D eigenvalue weighted by atomic mass is 32.2. The van der Waals surface area contributed by atoms with Gasteiger partial charge in [-0.3, -0.25) is 0 Å². The molecule has 0 saturated carbocycles. The molecule has 0 radical (unpaired) electrons. The van der Waals surface area contributed by atoms with Gasteiger partial charge in [0.2, 0.25) is 0 Å². The number of hydrogen-bond acceptors (Lipinski definition) is 5. The number of thioether (sulfide) groups is 1. The molecular formula is C38H41N3S2. The summed E-state index contributed by atoms with van der Waals surface area (Å²) in [5.74, 6) is 1.14. The lowest BCUT2D eigenvalue weighted by Crippen LogP contribution is -2.37. The van der Waals surface area contributed by atoms with Crippen LogP contribution in [0.1, 0.15) is 34.6 Å². The van der Waals surface area contributed by atoms with E-state index in [1.807, 2.05) is 23.5 Å². The van der Waals surface area contributed by atoms with Crippen molar-refractivity contribution in [2.45, 2.75) is 60.4 Å². The molecule has 220 valence electrons. The third-order valence-electron chi connectivity index (χ3n) is 6.91. The first-order chi connectivity index (χ1) is 20.7. The van der Waals surface area contributed by atoms with Gasteiger partial charge in [-0.25, -0.2) is 0 Å². The second-order valence-electron chi connectivity index (χ2n) is 12.2. The number of para-hydroxylation sites is 5. The van der Waals surface area contributed by atoms with Gasteiger partial charge in [-0.2, -0.15) is 0 Å². The van der Waals surface area contributed by atoms with Crippen molar-refractivity contribution in [2.75, 3.05) is 21.3 Å². The largest absolute Gasteiger partial charge is 0.378 e. The Morgan fingerprint density at radius 3 is 1.47 bits per heavy atom. The first-order valence-electron chi connectivity index (χ1n) is 14.7. The molecule has 0 bridgehead atoms. The number of nitrogens with zero attached hydrogens (tertiary/aromatic N) is 1. The molecule has 5 heteroatoms. The van der Waals surface area contributed by atoms with Crippen LogP contribution in [0.5, 0.6) is 0 Å². The minimum atomic E-state index is 0.0582. The van der Waals surface area contributed by atoms with Gasteiger partial charge in [0, 0.05) is 48.6 Å². The zero-order chi connectivity index (χ0) is 30.3. The van der Waals surface area contributed by atoms with E-state index in [9.17, 15) is 0 Å². The van der Waals surface area contributed by atoms with Gasteiger partial charge in [-0.05, 0) is 95.3 Å². The van der Waals surface area contributed by atoms with E-state index in [1.165, 1.54) is 43.1 Å². The van der Waals surface area contributed by atoms with Crippen molar-refractivity contribution in [1.29, 1.82) is 0 Å². The van der Waals surface area contributed by atoms with Gasteiger partial charge in [-0.15, -0.1) is 11.8 Å². The van der Waals surface area contributed by atoms with Crippen molar-refractivity contribution in [1.82, 2.24) is 0 Å². The summed E-state index contributed by atoms with van der Waals surface area (Å²) in [5, 5.41) is 6.94. The zero-order valence-electron chi connectivity index (χ0n) is 25.7. The minimum Gasteiger partial charge on any atom is -0.378 e. The molecule has 0 spiro atoms. The van der Waals surface area contributed by atoms with Gasteiger partial charge >= 0.3 is 0 Å². The van der Waals surface area contributed by atoms with Gasteiger partial charge in [0.1, 0.15) is 0 Å². The summed E-state index contributed by atoms with van der Waals surface area (Å²) in [7, 11) is 0. The molecule has 0 aliphatic carbocycles. The van der Waals surface area contributed by atoms with E-state index in [0.717, 1.165) is 5.75 Å². The van der Waals surface area contributed by atoms with E-state index in [-0.39, 0.29) is 11.1 Å². The average Bonchev–Trinajstić information content (AvgIpc) is 3.01. The molecule has 2 N–H and O–H groups in total. The predicted molar refractivity (Wildman–Crippen MR) is 190 cm³/mol. The quantitative estimate of drug-likeness (QED) is 0.205. The number of rotatable bonds is 2. The molecule has 5 aromatic carbocycles. The van der Waals surface area contributed by atoms with Crippen molar-refractivity contribution in [3.63, 3.8) is 0 Å². The molecule has 2 aliphatic heterocycles. The third-order valence-corrected chi connectivity index (χ3v) is 9.60. The molecule has 0 amide bonds. The van der Waals surface area contributed by atoms with Crippen molar-refractivity contribution in [2.24, 2.45) is 0 Å². The summed E-state index contributed by atoms with van der Waals surface area (Å²) in [6.07, 6.45) is 0. The lowest BCUT2D eigenvalue weighted by molar-refractivity contribution is 0.560. The fourth-order valence-electron chi connectivity index (χ4n) is 5.01. The topological polar surface area (TPSA) is 27.3 Å². The number of anilines is 5. The number of nitrogens with one attached hydrogen (secondary N) is 2. The molecule has 0 aromatic heterocycles. The fraction of sp³-hybridized carbons (Fsp3) is 0.211. The molecule has 2 aliphatic rings. The van der Waals surface area contributed by atoms with E-state index >= 15 is 0 Å². The maximum Gasteiger partial charge on any atom is 0.0526 e. The zero-order valence-corrected chi connectivity index (χ0v) is 27.3. The molecule has 0 fully saturated rings. The first kappa shape index (κ1) is 30.7. The monoisotopic (exact) mass is 603 g/mol. The van der Waals surface area contributed by atoms with Crippen LogP contribution >= 0.6 is 23.5 Å². The molecule has 3 nitrogen and oxygen atoms in total. The molecular weight excluding hydrogens is 563 g/mol. The fourth-order valence-corrected chi connectivity index (χ4v) is 7.04. The molecule has 5 aromatic rings. The molecule has 0 atom stereocenters. The lowest BCUT2D eigenvalue weighted by atomic mass is 10.0. The van der Waals surface area contributed by atoms with Crippen LogP contribution in [0.25, 0.3) is 0 Å². The SMILES string of the molecule is CC(C)(C)N(c1ccccc1)c1ccccc1.CC1(C)CSc2ccccc2N1.c1ccc2c(c1)Nc1ccccc1S2. The van der Waals surface area contributed by atoms with Crippen LogP contribution in [0.3, 0.4) is 0 Å². The second-order valence-corrected chi connectivity index (χ2v) is 14.3. The van der Waals surface area contributed by atoms with Crippen LogP contribution in [-0.4, -0.2) is 16.8 Å². The van der Waals surface area contributed by atoms with Gasteiger partial charge in [0.25, 0.3) is 0 Å². The Balaban J connectivity index is 0.000000130. The molecule has 0 saturated heterocycles. The number of hydrogen-bond donors (Lipinski definition) is 2. The average molecular weight is 604 g/mol. The molecule has 7 rings (SSSR count). The minimum absolute atomic E-state index is 0.0582. The Bertz CT molecular complexity index is 1480. The van der Waals surface area contributed by atoms with Gasteiger partial charge < -0.3 is 15.5 Å². The standard InChI is InChI=1S/C16H19N.C12H9NS.C10H13NS/c1-16(2,3)17(14-10-6-4-7-11-14)15-12-8-5-9-13-15;1-3-7-11-9(5-1)13-10-6-2-4-8-12(10)14-11;1-10(2)7-12-9-6-4-3-5-8(9)11-10/h4-13H,1-3H3;1-8,13H;3-6,11H,7H2,1-2H3. The van der Waals surface area contributed by atoms with E-state index in [4.69, 9.17) is 0 Å². The molecule has 2 heterocycles. The van der Waals surface area contributed by atoms with Crippen LogP contribution in [0.2, 0.25) is 0 Å². The Morgan fingerprint density at radius 2 is 0.977 bits per heavy atom. The van der Waals surface area contributed by atoms with Crippen molar-refractivity contribution >= 4 is 52.0 Å². The van der Waals surface area contributed by atoms with Crippen molar-refractivity contribution in [3.05, 3.63) is 133 Å². The second kappa shape index (κ2) is 13.7. The van der Waals surface area contributed by atoms with E-state index in [1.54, 1.807) is 0 Å². The maximum atomic E-state index is 3.52. The van der Waals surface area contributed by atoms with Crippen LogP contribution in [0, 0.1) is 0 Å². The lowest BCUT2D eigenvalue weighted by Gasteiger charge is -2.37. The molecule has 0 unspecified atom stereocenters. The summed E-state index contributed by atoms with van der Waals surface area (Å²) in [6, 6.07) is 46.3. The summed E-state index contributed by atoms with van der Waals surface area (Å²) in [5.41, 5.74) is 6.44. The Hall–Kier alpha value is -3.80. The van der Waals surface area contributed by atoms with Gasteiger partial charge in [0.15, 0.2) is 0 Å². The highest BCUT2D eigenvalue weighted by molar-refractivity contribution is 8.00. The van der Waals surface area contributed by atoms with E-state index in [2.05, 4.69) is 184 Å². The van der Waals surface area contributed by atoms with Crippen molar-refractivity contribution in [3.8, 4) is 0 Å². The van der Waals surface area contributed by atoms with E-state index in [0.29, 0.717) is 0 Å². The van der Waals surface area contributed by atoms with Gasteiger partial charge in [0.05, 0.1) is 11.4 Å². The Morgan fingerprint density at radius 1 is 0.558 bits per heavy atom. The molecule has 43 heavy (non-hydrogen) atoms. The highest BCUT2D eigenvalue weighted by Crippen LogP contribution is 2.43. The Labute approximate surface area is 266 Å². The number of fused-ring (bicyclic) bond motifs is 3. The smallest absolute Gasteiger partial charge is 0.0526 e. The maximum absolute atomic E-state index is 3.52.